The number of fused-ring (bicyclic) bond motifs is 1. The van der Waals surface area contributed by atoms with Gasteiger partial charge in [0.1, 0.15) is 0 Å². The lowest BCUT2D eigenvalue weighted by Gasteiger charge is -2.38. The molecular weight excluding hydrogens is 417 g/mol. The zero-order chi connectivity index (χ0) is 20.8. The number of benzene rings is 3. The van der Waals surface area contributed by atoms with Crippen molar-refractivity contribution in [2.45, 2.75) is 31.6 Å². The second-order valence-electron chi connectivity index (χ2n) is 7.79. The minimum Gasteiger partial charge on any atom is -0.294 e. The molecule has 0 aromatic heterocycles. The molecule has 1 heterocycles. The average Bonchev–Trinajstić information content (AvgIpc) is 2.75. The van der Waals surface area contributed by atoms with E-state index < -0.39 is 0 Å². The Hall–Kier alpha value is -2.62. The van der Waals surface area contributed by atoms with E-state index in [9.17, 15) is 9.59 Å². The van der Waals surface area contributed by atoms with Gasteiger partial charge in [0.2, 0.25) is 5.91 Å². The van der Waals surface area contributed by atoms with E-state index >= 15 is 0 Å². The average molecular weight is 436 g/mol. The van der Waals surface area contributed by atoms with Crippen molar-refractivity contribution >= 4 is 51.4 Å². The first-order valence-corrected chi connectivity index (χ1v) is 10.8. The highest BCUT2D eigenvalue weighted by Gasteiger charge is 2.40. The van der Waals surface area contributed by atoms with Gasteiger partial charge >= 0.3 is 0 Å². The maximum absolute atomic E-state index is 13.4. The van der Waals surface area contributed by atoms with E-state index in [1.165, 1.54) is 0 Å². The summed E-state index contributed by atoms with van der Waals surface area (Å²) in [7, 11) is 0. The largest absolute Gasteiger partial charge is 0.294 e. The maximum atomic E-state index is 13.4. The van der Waals surface area contributed by atoms with Gasteiger partial charge < -0.3 is 0 Å². The molecule has 0 saturated carbocycles. The molecule has 0 bridgehead atoms. The van der Waals surface area contributed by atoms with Crippen molar-refractivity contribution in [2.24, 2.45) is 0 Å². The second kappa shape index (κ2) is 7.57. The summed E-state index contributed by atoms with van der Waals surface area (Å²) in [5.74, 6) is -0.128. The number of rotatable bonds is 2. The molecule has 1 aliphatic heterocycles. The van der Waals surface area contributed by atoms with Gasteiger partial charge in [0.05, 0.1) is 15.7 Å². The van der Waals surface area contributed by atoms with E-state index in [0.29, 0.717) is 28.6 Å². The van der Waals surface area contributed by atoms with Gasteiger partial charge in [-0.3, -0.25) is 14.5 Å². The molecule has 0 fully saturated rings. The number of hydrogen-bond acceptors (Lipinski definition) is 2. The van der Waals surface area contributed by atoms with E-state index in [2.05, 4.69) is 18.2 Å². The molecule has 5 rings (SSSR count). The third kappa shape index (κ3) is 3.13. The molecule has 1 aliphatic carbocycles. The van der Waals surface area contributed by atoms with Crippen molar-refractivity contribution in [1.29, 1.82) is 0 Å². The molecule has 1 atom stereocenters. The highest BCUT2D eigenvalue weighted by molar-refractivity contribution is 6.42. The zero-order valence-electron chi connectivity index (χ0n) is 16.2. The van der Waals surface area contributed by atoms with Crippen molar-refractivity contribution in [1.82, 2.24) is 0 Å². The Morgan fingerprint density at radius 3 is 2.50 bits per heavy atom. The predicted molar refractivity (Wildman–Crippen MR) is 121 cm³/mol. The number of ketones is 1. The highest BCUT2D eigenvalue weighted by Crippen LogP contribution is 2.45. The van der Waals surface area contributed by atoms with Crippen LogP contribution in [-0.4, -0.2) is 11.7 Å². The molecule has 3 aromatic rings. The Morgan fingerprint density at radius 2 is 1.67 bits per heavy atom. The van der Waals surface area contributed by atoms with Crippen molar-refractivity contribution < 1.29 is 9.59 Å². The lowest BCUT2D eigenvalue weighted by molar-refractivity contribution is -0.119. The standard InChI is InChI=1S/C25H19Cl2NO2/c26-20-12-11-16(13-21(20)27)28-22-9-4-10-23(29)25(22)19(14-24(28)30)18-8-3-6-15-5-1-2-7-17(15)18/h1-3,5-8,11-13,19H,4,9-10,14H2. The summed E-state index contributed by atoms with van der Waals surface area (Å²) < 4.78 is 0. The number of carbonyl (C=O) groups is 2. The molecule has 3 nitrogen and oxygen atoms in total. The van der Waals surface area contributed by atoms with Gasteiger partial charge in [0, 0.05) is 30.0 Å². The van der Waals surface area contributed by atoms with Gasteiger partial charge in [0.15, 0.2) is 5.78 Å². The van der Waals surface area contributed by atoms with Crippen LogP contribution in [0.25, 0.3) is 10.8 Å². The SMILES string of the molecule is O=C1CCCC2=C1C(c1cccc3ccccc13)CC(=O)N2c1ccc(Cl)c(Cl)c1. The molecular formula is C25H19Cl2NO2. The minimum absolute atomic E-state index is 0.0280. The number of nitrogens with zero attached hydrogens (tertiary/aromatic N) is 1. The van der Waals surface area contributed by atoms with Crippen LogP contribution in [0.4, 0.5) is 5.69 Å². The van der Waals surface area contributed by atoms with E-state index in [-0.39, 0.29) is 24.0 Å². The molecule has 3 aromatic carbocycles. The van der Waals surface area contributed by atoms with Gasteiger partial charge in [-0.1, -0.05) is 65.7 Å². The molecule has 1 unspecified atom stereocenters. The summed E-state index contributed by atoms with van der Waals surface area (Å²) in [6, 6.07) is 19.4. The fourth-order valence-electron chi connectivity index (χ4n) is 4.74. The molecule has 2 aliphatic rings. The smallest absolute Gasteiger partial charge is 0.232 e. The highest BCUT2D eigenvalue weighted by atomic mass is 35.5. The Balaban J connectivity index is 1.71. The van der Waals surface area contributed by atoms with Gasteiger partial charge in [-0.2, -0.15) is 0 Å². The minimum atomic E-state index is -0.231. The van der Waals surface area contributed by atoms with E-state index in [4.69, 9.17) is 23.2 Å². The van der Waals surface area contributed by atoms with Gasteiger partial charge in [-0.05, 0) is 47.4 Å². The van der Waals surface area contributed by atoms with Crippen molar-refractivity contribution in [3.05, 3.63) is 87.5 Å². The van der Waals surface area contributed by atoms with E-state index in [0.717, 1.165) is 34.0 Å². The van der Waals surface area contributed by atoms with Crippen LogP contribution >= 0.6 is 23.2 Å². The topological polar surface area (TPSA) is 37.4 Å². The van der Waals surface area contributed by atoms with Crippen LogP contribution in [0.3, 0.4) is 0 Å². The normalized spacial score (nSPS) is 19.4. The number of carbonyl (C=O) groups excluding carboxylic acids is 2. The molecule has 5 heteroatoms. The third-order valence-electron chi connectivity index (χ3n) is 6.04. The van der Waals surface area contributed by atoms with Crippen molar-refractivity contribution in [2.75, 3.05) is 4.90 Å². The number of anilines is 1. The Morgan fingerprint density at radius 1 is 0.867 bits per heavy atom. The summed E-state index contributed by atoms with van der Waals surface area (Å²) in [5.41, 5.74) is 3.27. The fourth-order valence-corrected chi connectivity index (χ4v) is 5.03. The predicted octanol–water partition coefficient (Wildman–Crippen LogP) is 6.67. The van der Waals surface area contributed by atoms with Crippen LogP contribution in [0.5, 0.6) is 0 Å². The first kappa shape index (κ1) is 19.3. The summed E-state index contributed by atoms with van der Waals surface area (Å²) >= 11 is 12.3. The second-order valence-corrected chi connectivity index (χ2v) is 8.60. The van der Waals surface area contributed by atoms with Crippen LogP contribution in [0.1, 0.15) is 37.2 Å². The first-order chi connectivity index (χ1) is 14.5. The van der Waals surface area contributed by atoms with Crippen LogP contribution in [0, 0.1) is 0 Å². The fraction of sp³-hybridized carbons (Fsp3) is 0.200. The van der Waals surface area contributed by atoms with Crippen LogP contribution in [0.15, 0.2) is 71.9 Å². The number of halogens is 2. The molecule has 150 valence electrons. The molecule has 0 radical (unpaired) electrons. The Kier molecular flexibility index (Phi) is 4.88. The maximum Gasteiger partial charge on any atom is 0.232 e. The summed E-state index contributed by atoms with van der Waals surface area (Å²) in [4.78, 5) is 28.2. The lowest BCUT2D eigenvalue weighted by atomic mass is 9.76. The molecule has 1 amide bonds. The Bertz CT molecular complexity index is 1230. The van der Waals surface area contributed by atoms with Crippen molar-refractivity contribution in [3.8, 4) is 0 Å². The zero-order valence-corrected chi connectivity index (χ0v) is 17.7. The first-order valence-electron chi connectivity index (χ1n) is 10.1. The summed E-state index contributed by atoms with van der Waals surface area (Å²) in [5, 5.41) is 3.03. The van der Waals surface area contributed by atoms with Gasteiger partial charge in [-0.25, -0.2) is 0 Å². The van der Waals surface area contributed by atoms with E-state index in [1.54, 1.807) is 23.1 Å². The molecule has 30 heavy (non-hydrogen) atoms. The molecule has 0 spiro atoms. The Labute approximate surface area is 184 Å². The molecule has 0 N–H and O–H groups in total. The van der Waals surface area contributed by atoms with E-state index in [1.807, 2.05) is 24.3 Å². The quantitative estimate of drug-likeness (QED) is 0.450. The van der Waals surface area contributed by atoms with Gasteiger partial charge in [-0.15, -0.1) is 0 Å². The summed E-state index contributed by atoms with van der Waals surface area (Å²) in [6.45, 7) is 0. The van der Waals surface area contributed by atoms with Crippen LogP contribution in [0.2, 0.25) is 10.0 Å². The number of allylic oxidation sites excluding steroid dienone is 2. The van der Waals surface area contributed by atoms with Crippen molar-refractivity contribution in [3.63, 3.8) is 0 Å². The number of Topliss-reactive ketones (excluding diaryl/α,β-unsaturated/α-hetero) is 1. The van der Waals surface area contributed by atoms with Gasteiger partial charge in [0.25, 0.3) is 0 Å². The third-order valence-corrected chi connectivity index (χ3v) is 6.77. The number of amides is 1. The molecule has 0 saturated heterocycles. The monoisotopic (exact) mass is 435 g/mol. The lowest BCUT2D eigenvalue weighted by Crippen LogP contribution is -2.40. The number of hydrogen-bond donors (Lipinski definition) is 0. The van der Waals surface area contributed by atoms with Crippen LogP contribution in [-0.2, 0) is 9.59 Å². The van der Waals surface area contributed by atoms with Crippen LogP contribution < -0.4 is 4.90 Å². The summed E-state index contributed by atoms with van der Waals surface area (Å²) in [6.07, 6.45) is 2.20.